The van der Waals surface area contributed by atoms with Gasteiger partial charge in [-0.15, -0.1) is 5.10 Å². The highest BCUT2D eigenvalue weighted by molar-refractivity contribution is 5.72. The van der Waals surface area contributed by atoms with E-state index in [2.05, 4.69) is 16.3 Å². The first-order valence-electron chi connectivity index (χ1n) is 10.2. The second-order valence-corrected chi connectivity index (χ2v) is 7.16. The molecule has 0 saturated heterocycles. The van der Waals surface area contributed by atoms with Crippen molar-refractivity contribution >= 4 is 0 Å². The first kappa shape index (κ1) is 21.9. The maximum atomic E-state index is 9.98. The number of nitriles is 1. The van der Waals surface area contributed by atoms with Crippen LogP contribution in [0.3, 0.4) is 0 Å². The van der Waals surface area contributed by atoms with Crippen molar-refractivity contribution in [3.63, 3.8) is 0 Å². The van der Waals surface area contributed by atoms with Gasteiger partial charge in [-0.3, -0.25) is 5.10 Å². The molecule has 0 fully saturated rings. The number of benzene rings is 2. The molecule has 2 aromatic carbocycles. The Hall–Kier alpha value is -4.32. The SMILES string of the molecule is CCOc1cccc(-c2[nH]nc3c2C(c2cc(OC)c(OC)c(OC)c2)C(C#N)=C(N)O3)c1. The van der Waals surface area contributed by atoms with Gasteiger partial charge in [-0.2, -0.15) is 5.26 Å². The Bertz CT molecular complexity index is 1230. The van der Waals surface area contributed by atoms with Crippen LogP contribution >= 0.6 is 0 Å². The molecule has 1 aliphatic rings. The van der Waals surface area contributed by atoms with Crippen LogP contribution in [0.5, 0.6) is 28.9 Å². The van der Waals surface area contributed by atoms with Crippen LogP contribution in [0, 0.1) is 11.3 Å². The second-order valence-electron chi connectivity index (χ2n) is 7.16. The van der Waals surface area contributed by atoms with Crippen molar-refractivity contribution in [2.75, 3.05) is 27.9 Å². The fourth-order valence-corrected chi connectivity index (χ4v) is 3.97. The minimum absolute atomic E-state index is 0.00938. The average molecular weight is 448 g/mol. The predicted octanol–water partition coefficient (Wildman–Crippen LogP) is 3.72. The van der Waals surface area contributed by atoms with Crippen molar-refractivity contribution in [2.24, 2.45) is 5.73 Å². The summed E-state index contributed by atoms with van der Waals surface area (Å²) >= 11 is 0. The number of aromatic amines is 1. The minimum Gasteiger partial charge on any atom is -0.494 e. The lowest BCUT2D eigenvalue weighted by molar-refractivity contribution is 0.323. The fraction of sp³-hybridized carbons (Fsp3) is 0.250. The second kappa shape index (κ2) is 9.04. The highest BCUT2D eigenvalue weighted by Gasteiger charge is 2.36. The topological polar surface area (TPSA) is 125 Å². The van der Waals surface area contributed by atoms with Gasteiger partial charge in [0.2, 0.25) is 17.5 Å². The minimum atomic E-state index is -0.586. The number of nitrogens with one attached hydrogen (secondary N) is 1. The number of methoxy groups -OCH3 is 3. The van der Waals surface area contributed by atoms with Crippen LogP contribution in [0.25, 0.3) is 11.3 Å². The van der Waals surface area contributed by atoms with E-state index in [1.54, 1.807) is 12.1 Å². The standard InChI is InChI=1S/C24H24N4O5/c1-5-32-15-8-6-7-13(9-15)21-20-19(16(12-25)23(26)33-24(20)28-27-21)14-10-17(29-2)22(31-4)18(11-14)30-3/h6-11,19H,5,26H2,1-4H3,(H,27,28). The van der Waals surface area contributed by atoms with Gasteiger partial charge in [0.1, 0.15) is 17.4 Å². The van der Waals surface area contributed by atoms with E-state index in [0.29, 0.717) is 46.6 Å². The third kappa shape index (κ3) is 3.76. The van der Waals surface area contributed by atoms with E-state index in [1.807, 2.05) is 31.2 Å². The Morgan fingerprint density at radius 2 is 1.85 bits per heavy atom. The molecule has 0 bridgehead atoms. The molecule has 9 heteroatoms. The van der Waals surface area contributed by atoms with Gasteiger partial charge in [0.05, 0.1) is 45.1 Å². The van der Waals surface area contributed by atoms with Crippen molar-refractivity contribution in [2.45, 2.75) is 12.8 Å². The number of H-pyrrole nitrogens is 1. The zero-order chi connectivity index (χ0) is 23.5. The molecule has 0 aliphatic carbocycles. The lowest BCUT2D eigenvalue weighted by Crippen LogP contribution is -2.21. The molecule has 1 unspecified atom stereocenters. The Labute approximate surface area is 191 Å². The third-order valence-corrected chi connectivity index (χ3v) is 5.39. The van der Waals surface area contributed by atoms with Crippen LogP contribution in [0.4, 0.5) is 0 Å². The summed E-state index contributed by atoms with van der Waals surface area (Å²) in [5.74, 6) is 1.78. The predicted molar refractivity (Wildman–Crippen MR) is 121 cm³/mol. The summed E-state index contributed by atoms with van der Waals surface area (Å²) in [6.07, 6.45) is 0. The van der Waals surface area contributed by atoms with E-state index >= 15 is 0 Å². The van der Waals surface area contributed by atoms with Gasteiger partial charge < -0.3 is 29.4 Å². The largest absolute Gasteiger partial charge is 0.494 e. The quantitative estimate of drug-likeness (QED) is 0.560. The fourth-order valence-electron chi connectivity index (χ4n) is 3.97. The van der Waals surface area contributed by atoms with Crippen LogP contribution in [-0.2, 0) is 0 Å². The molecule has 0 radical (unpaired) electrons. The number of aromatic nitrogens is 2. The van der Waals surface area contributed by atoms with Crippen LogP contribution in [-0.4, -0.2) is 38.1 Å². The van der Waals surface area contributed by atoms with E-state index in [4.69, 9.17) is 29.4 Å². The first-order chi connectivity index (χ1) is 16.1. The number of rotatable bonds is 7. The molecule has 3 aromatic rings. The van der Waals surface area contributed by atoms with E-state index in [0.717, 1.165) is 11.3 Å². The van der Waals surface area contributed by atoms with Crippen molar-refractivity contribution < 1.29 is 23.7 Å². The number of nitrogens with two attached hydrogens (primary N) is 1. The lowest BCUT2D eigenvalue weighted by atomic mass is 9.82. The number of nitrogens with zero attached hydrogens (tertiary/aromatic N) is 2. The molecule has 0 spiro atoms. The van der Waals surface area contributed by atoms with Gasteiger partial charge in [0.25, 0.3) is 0 Å². The number of fused-ring (bicyclic) bond motifs is 1. The van der Waals surface area contributed by atoms with Crippen LogP contribution < -0.4 is 29.4 Å². The Kier molecular flexibility index (Phi) is 6.00. The smallest absolute Gasteiger partial charge is 0.244 e. The zero-order valence-electron chi connectivity index (χ0n) is 18.8. The summed E-state index contributed by atoms with van der Waals surface area (Å²) in [4.78, 5) is 0. The summed E-state index contributed by atoms with van der Waals surface area (Å²) < 4.78 is 27.9. The Morgan fingerprint density at radius 1 is 1.12 bits per heavy atom. The molecule has 1 aromatic heterocycles. The molecule has 3 N–H and O–H groups in total. The van der Waals surface area contributed by atoms with Gasteiger partial charge in [0.15, 0.2) is 11.5 Å². The van der Waals surface area contributed by atoms with Crippen molar-refractivity contribution in [3.8, 4) is 46.2 Å². The zero-order valence-corrected chi connectivity index (χ0v) is 18.8. The maximum absolute atomic E-state index is 9.98. The Morgan fingerprint density at radius 3 is 2.45 bits per heavy atom. The molecule has 2 heterocycles. The van der Waals surface area contributed by atoms with Crippen LogP contribution in [0.2, 0.25) is 0 Å². The van der Waals surface area contributed by atoms with E-state index < -0.39 is 5.92 Å². The molecule has 170 valence electrons. The van der Waals surface area contributed by atoms with Gasteiger partial charge in [-0.25, -0.2) is 0 Å². The Balaban J connectivity index is 1.95. The van der Waals surface area contributed by atoms with E-state index in [1.165, 1.54) is 21.3 Å². The van der Waals surface area contributed by atoms with Crippen molar-refractivity contribution in [1.29, 1.82) is 5.26 Å². The molecule has 9 nitrogen and oxygen atoms in total. The maximum Gasteiger partial charge on any atom is 0.244 e. The molecule has 1 atom stereocenters. The van der Waals surface area contributed by atoms with Gasteiger partial charge in [-0.05, 0) is 36.8 Å². The number of hydrogen-bond acceptors (Lipinski definition) is 8. The van der Waals surface area contributed by atoms with Crippen LogP contribution in [0.15, 0.2) is 47.9 Å². The molecular weight excluding hydrogens is 424 g/mol. The van der Waals surface area contributed by atoms with E-state index in [9.17, 15) is 5.26 Å². The highest BCUT2D eigenvalue weighted by Crippen LogP contribution is 2.49. The van der Waals surface area contributed by atoms with Gasteiger partial charge in [0, 0.05) is 5.56 Å². The lowest BCUT2D eigenvalue weighted by Gasteiger charge is -2.25. The monoisotopic (exact) mass is 448 g/mol. The first-order valence-corrected chi connectivity index (χ1v) is 10.2. The number of allylic oxidation sites excluding steroid dienone is 1. The van der Waals surface area contributed by atoms with Gasteiger partial charge >= 0.3 is 0 Å². The molecule has 0 saturated carbocycles. The van der Waals surface area contributed by atoms with Crippen molar-refractivity contribution in [1.82, 2.24) is 10.2 Å². The molecule has 0 amide bonds. The summed E-state index contributed by atoms with van der Waals surface area (Å²) in [5, 5.41) is 17.3. The number of ether oxygens (including phenoxy) is 5. The molecule has 1 aliphatic heterocycles. The number of hydrogen-bond donors (Lipinski definition) is 2. The summed E-state index contributed by atoms with van der Waals surface area (Å²) in [6.45, 7) is 2.46. The normalized spacial score (nSPS) is 14.7. The molecule has 4 rings (SSSR count). The highest BCUT2D eigenvalue weighted by atomic mass is 16.5. The van der Waals surface area contributed by atoms with Crippen LogP contribution in [0.1, 0.15) is 24.0 Å². The summed E-state index contributed by atoms with van der Waals surface area (Å²) in [5.41, 5.74) is 9.25. The van der Waals surface area contributed by atoms with E-state index in [-0.39, 0.29) is 11.5 Å². The summed E-state index contributed by atoms with van der Waals surface area (Å²) in [6, 6.07) is 13.4. The van der Waals surface area contributed by atoms with Crippen molar-refractivity contribution in [3.05, 3.63) is 59.0 Å². The average Bonchev–Trinajstić information content (AvgIpc) is 3.25. The third-order valence-electron chi connectivity index (χ3n) is 5.39. The summed E-state index contributed by atoms with van der Waals surface area (Å²) in [7, 11) is 4.60. The molecule has 33 heavy (non-hydrogen) atoms. The molecular formula is C24H24N4O5. The van der Waals surface area contributed by atoms with Gasteiger partial charge in [-0.1, -0.05) is 12.1 Å².